The van der Waals surface area contributed by atoms with Gasteiger partial charge in [0.25, 0.3) is 11.8 Å². The summed E-state index contributed by atoms with van der Waals surface area (Å²) in [7, 11) is 0. The van der Waals surface area contributed by atoms with Crippen LogP contribution in [0.5, 0.6) is 5.75 Å². The third kappa shape index (κ3) is 6.10. The van der Waals surface area contributed by atoms with Crippen molar-refractivity contribution in [2.45, 2.75) is 19.5 Å². The van der Waals surface area contributed by atoms with E-state index < -0.39 is 24.3 Å². The molecule has 0 saturated carbocycles. The van der Waals surface area contributed by atoms with E-state index in [4.69, 9.17) is 4.74 Å². The number of halogens is 3. The molecule has 32 heavy (non-hydrogen) atoms. The molecule has 0 aliphatic rings. The molecule has 3 aromatic carbocycles. The number of rotatable bonds is 7. The number of carbonyl (C=O) groups is 2. The van der Waals surface area contributed by atoms with E-state index in [-0.39, 0.29) is 11.6 Å². The lowest BCUT2D eigenvalue weighted by Gasteiger charge is -2.11. The molecule has 0 atom stereocenters. The Balaban J connectivity index is 1.54. The third-order valence-electron chi connectivity index (χ3n) is 4.61. The topological polar surface area (TPSA) is 67.4 Å². The molecule has 3 aromatic rings. The second-order valence-corrected chi connectivity index (χ2v) is 6.90. The maximum absolute atomic E-state index is 12.8. The van der Waals surface area contributed by atoms with Gasteiger partial charge in [0.2, 0.25) is 0 Å². The van der Waals surface area contributed by atoms with Gasteiger partial charge < -0.3 is 15.4 Å². The number of anilines is 2. The molecule has 2 N–H and O–H groups in total. The minimum atomic E-state index is -4.50. The lowest BCUT2D eigenvalue weighted by atomic mass is 10.1. The highest BCUT2D eigenvalue weighted by Crippen LogP contribution is 2.30. The zero-order chi connectivity index (χ0) is 23.1. The molecular weight excluding hydrogens is 421 g/mol. The number of alkyl halides is 3. The molecule has 0 aliphatic heterocycles. The first-order chi connectivity index (χ1) is 15.3. The summed E-state index contributed by atoms with van der Waals surface area (Å²) in [5.41, 5.74) is 1.34. The van der Waals surface area contributed by atoms with Crippen molar-refractivity contribution in [3.05, 3.63) is 89.5 Å². The van der Waals surface area contributed by atoms with Crippen molar-refractivity contribution in [3.8, 4) is 5.75 Å². The Morgan fingerprint density at radius 1 is 0.906 bits per heavy atom. The summed E-state index contributed by atoms with van der Waals surface area (Å²) in [4.78, 5) is 24.5. The predicted octanol–water partition coefficient (Wildman–Crippen LogP) is 5.54. The number of benzene rings is 3. The predicted molar refractivity (Wildman–Crippen MR) is 116 cm³/mol. The van der Waals surface area contributed by atoms with Gasteiger partial charge in [-0.25, -0.2) is 0 Å². The van der Waals surface area contributed by atoms with Crippen LogP contribution in [0.1, 0.15) is 28.4 Å². The molecule has 0 heterocycles. The van der Waals surface area contributed by atoms with Crippen LogP contribution in [0.25, 0.3) is 0 Å². The Kier molecular flexibility index (Phi) is 7.14. The fraction of sp³-hybridized carbons (Fsp3) is 0.167. The maximum atomic E-state index is 12.8. The molecule has 166 valence electrons. The standard InChI is InChI=1S/C24H21F3N2O3/c1-2-16-6-3-4-9-21(16)29-23(31)17-10-12-20(13-11-17)32-15-22(30)28-19-8-5-7-18(14-19)24(25,26)27/h3-14H,2,15H2,1H3,(H,28,30)(H,29,31). The van der Waals surface area contributed by atoms with Crippen LogP contribution in [0.15, 0.2) is 72.8 Å². The Morgan fingerprint density at radius 3 is 2.31 bits per heavy atom. The molecule has 0 aromatic heterocycles. The van der Waals surface area contributed by atoms with Gasteiger partial charge in [-0.1, -0.05) is 31.2 Å². The van der Waals surface area contributed by atoms with Crippen molar-refractivity contribution in [3.63, 3.8) is 0 Å². The second kappa shape index (κ2) is 10.00. The molecule has 3 rings (SSSR count). The first kappa shape index (κ1) is 22.9. The Labute approximate surface area is 183 Å². The van der Waals surface area contributed by atoms with Crippen molar-refractivity contribution < 1.29 is 27.5 Å². The fourth-order valence-corrected chi connectivity index (χ4v) is 2.97. The summed E-state index contributed by atoms with van der Waals surface area (Å²) in [6.07, 6.45) is -3.71. The van der Waals surface area contributed by atoms with E-state index in [2.05, 4.69) is 10.6 Å². The van der Waals surface area contributed by atoms with Crippen LogP contribution < -0.4 is 15.4 Å². The van der Waals surface area contributed by atoms with Crippen molar-refractivity contribution in [1.82, 2.24) is 0 Å². The van der Waals surface area contributed by atoms with Gasteiger partial charge in [-0.3, -0.25) is 9.59 Å². The molecule has 0 spiro atoms. The first-order valence-corrected chi connectivity index (χ1v) is 9.85. The zero-order valence-electron chi connectivity index (χ0n) is 17.2. The Hall–Kier alpha value is -3.81. The van der Waals surface area contributed by atoms with Crippen LogP contribution in [0.4, 0.5) is 24.5 Å². The van der Waals surface area contributed by atoms with E-state index in [0.717, 1.165) is 29.8 Å². The molecule has 0 fully saturated rings. The number of nitrogens with one attached hydrogen (secondary N) is 2. The molecule has 0 unspecified atom stereocenters. The quantitative estimate of drug-likeness (QED) is 0.505. The van der Waals surface area contributed by atoms with E-state index in [9.17, 15) is 22.8 Å². The molecule has 0 saturated heterocycles. The van der Waals surface area contributed by atoms with Crippen LogP contribution in [0, 0.1) is 0 Å². The average Bonchev–Trinajstić information content (AvgIpc) is 2.78. The van der Waals surface area contributed by atoms with Crippen LogP contribution >= 0.6 is 0 Å². The zero-order valence-corrected chi connectivity index (χ0v) is 17.2. The molecule has 8 heteroatoms. The summed E-state index contributed by atoms with van der Waals surface area (Å²) >= 11 is 0. The van der Waals surface area contributed by atoms with E-state index in [1.807, 2.05) is 31.2 Å². The Bertz CT molecular complexity index is 1100. The van der Waals surface area contributed by atoms with Gasteiger partial charge in [0, 0.05) is 16.9 Å². The number of para-hydroxylation sites is 1. The van der Waals surface area contributed by atoms with Crippen LogP contribution in [0.2, 0.25) is 0 Å². The lowest BCUT2D eigenvalue weighted by Crippen LogP contribution is -2.20. The lowest BCUT2D eigenvalue weighted by molar-refractivity contribution is -0.137. The molecule has 0 bridgehead atoms. The normalized spacial score (nSPS) is 11.0. The van der Waals surface area contributed by atoms with Gasteiger partial charge in [-0.05, 0) is 60.5 Å². The summed E-state index contributed by atoms with van der Waals surface area (Å²) in [5.74, 6) is -0.545. The van der Waals surface area contributed by atoms with Crippen molar-refractivity contribution in [2.24, 2.45) is 0 Å². The van der Waals surface area contributed by atoms with Crippen LogP contribution in [0.3, 0.4) is 0 Å². The Morgan fingerprint density at radius 2 is 1.62 bits per heavy atom. The molecule has 5 nitrogen and oxygen atoms in total. The number of carbonyl (C=O) groups excluding carboxylic acids is 2. The van der Waals surface area contributed by atoms with Gasteiger partial charge in [0.15, 0.2) is 6.61 Å². The SMILES string of the molecule is CCc1ccccc1NC(=O)c1ccc(OCC(=O)Nc2cccc(C(F)(F)F)c2)cc1. The molecule has 0 radical (unpaired) electrons. The summed E-state index contributed by atoms with van der Waals surface area (Å²) < 4.78 is 43.6. The minimum Gasteiger partial charge on any atom is -0.484 e. The molecular formula is C24H21F3N2O3. The number of hydrogen-bond donors (Lipinski definition) is 2. The number of aryl methyl sites for hydroxylation is 1. The second-order valence-electron chi connectivity index (χ2n) is 6.90. The third-order valence-corrected chi connectivity index (χ3v) is 4.61. The summed E-state index contributed by atoms with van der Waals surface area (Å²) in [5, 5.41) is 5.23. The van der Waals surface area contributed by atoms with Crippen LogP contribution in [-0.4, -0.2) is 18.4 Å². The van der Waals surface area contributed by atoms with E-state index >= 15 is 0 Å². The fourth-order valence-electron chi connectivity index (χ4n) is 2.97. The van der Waals surface area contributed by atoms with E-state index in [0.29, 0.717) is 11.3 Å². The highest BCUT2D eigenvalue weighted by molar-refractivity contribution is 6.04. The minimum absolute atomic E-state index is 0.0211. The smallest absolute Gasteiger partial charge is 0.416 e. The van der Waals surface area contributed by atoms with E-state index in [1.165, 1.54) is 24.3 Å². The van der Waals surface area contributed by atoms with Crippen LogP contribution in [-0.2, 0) is 17.4 Å². The highest BCUT2D eigenvalue weighted by Gasteiger charge is 2.30. The number of hydrogen-bond acceptors (Lipinski definition) is 3. The van der Waals surface area contributed by atoms with Crippen molar-refractivity contribution >= 4 is 23.2 Å². The monoisotopic (exact) mass is 442 g/mol. The average molecular weight is 442 g/mol. The van der Waals surface area contributed by atoms with Crippen molar-refractivity contribution in [1.29, 1.82) is 0 Å². The van der Waals surface area contributed by atoms with Gasteiger partial charge in [0.1, 0.15) is 5.75 Å². The molecule has 0 aliphatic carbocycles. The van der Waals surface area contributed by atoms with Gasteiger partial charge in [-0.15, -0.1) is 0 Å². The first-order valence-electron chi connectivity index (χ1n) is 9.85. The van der Waals surface area contributed by atoms with Gasteiger partial charge in [0.05, 0.1) is 5.56 Å². The maximum Gasteiger partial charge on any atom is 0.416 e. The largest absolute Gasteiger partial charge is 0.484 e. The highest BCUT2D eigenvalue weighted by atomic mass is 19.4. The van der Waals surface area contributed by atoms with Crippen molar-refractivity contribution in [2.75, 3.05) is 17.2 Å². The summed E-state index contributed by atoms with van der Waals surface area (Å²) in [6, 6.07) is 18.1. The molecule has 2 amide bonds. The van der Waals surface area contributed by atoms with Gasteiger partial charge >= 0.3 is 6.18 Å². The number of ether oxygens (including phenoxy) is 1. The number of amides is 2. The summed E-state index contributed by atoms with van der Waals surface area (Å²) in [6.45, 7) is 1.60. The van der Waals surface area contributed by atoms with E-state index in [1.54, 1.807) is 12.1 Å². The van der Waals surface area contributed by atoms with Gasteiger partial charge in [-0.2, -0.15) is 13.2 Å².